The Morgan fingerprint density at radius 1 is 1.26 bits per heavy atom. The fourth-order valence-corrected chi connectivity index (χ4v) is 3.88. The van der Waals surface area contributed by atoms with Crippen molar-refractivity contribution < 1.29 is 19.4 Å². The molecule has 7 heteroatoms. The van der Waals surface area contributed by atoms with Gasteiger partial charge in [0, 0.05) is 45.1 Å². The first-order valence-electron chi connectivity index (χ1n) is 8.72. The molecule has 0 aromatic heterocycles. The third kappa shape index (κ3) is 4.02. The Bertz CT molecular complexity index is 439. The molecule has 0 spiro atoms. The number of nitrogens with one attached hydrogen (secondary N) is 1. The van der Waals surface area contributed by atoms with E-state index in [9.17, 15) is 14.7 Å². The molecule has 23 heavy (non-hydrogen) atoms. The van der Waals surface area contributed by atoms with Gasteiger partial charge < -0.3 is 20.1 Å². The van der Waals surface area contributed by atoms with Gasteiger partial charge in [0.05, 0.1) is 25.4 Å². The van der Waals surface area contributed by atoms with Gasteiger partial charge >= 0.3 is 0 Å². The number of aliphatic hydroxyl groups is 1. The van der Waals surface area contributed by atoms with Gasteiger partial charge in [0.15, 0.2) is 0 Å². The van der Waals surface area contributed by atoms with E-state index in [1.165, 1.54) is 0 Å². The molecule has 0 aromatic rings. The summed E-state index contributed by atoms with van der Waals surface area (Å²) in [5.74, 6) is 0.0717. The summed E-state index contributed by atoms with van der Waals surface area (Å²) < 4.78 is 5.35. The average Bonchev–Trinajstić information content (AvgIpc) is 3.13. The van der Waals surface area contributed by atoms with Crippen LogP contribution in [0.2, 0.25) is 0 Å². The van der Waals surface area contributed by atoms with Gasteiger partial charge in [-0.2, -0.15) is 0 Å². The Kier molecular flexibility index (Phi) is 5.50. The SMILES string of the molecule is O=C(CCN1CCCC1=O)N[C@@H]1CC[C@@H](N2CCOCC2)[C@@H]1O. The maximum atomic E-state index is 12.1. The Morgan fingerprint density at radius 2 is 2.04 bits per heavy atom. The van der Waals surface area contributed by atoms with Crippen LogP contribution >= 0.6 is 0 Å². The highest BCUT2D eigenvalue weighted by molar-refractivity contribution is 5.80. The topological polar surface area (TPSA) is 82.1 Å². The van der Waals surface area contributed by atoms with Crippen LogP contribution in [0.5, 0.6) is 0 Å². The minimum atomic E-state index is -0.523. The van der Waals surface area contributed by atoms with Crippen molar-refractivity contribution in [3.63, 3.8) is 0 Å². The molecule has 1 aliphatic carbocycles. The highest BCUT2D eigenvalue weighted by Crippen LogP contribution is 2.25. The van der Waals surface area contributed by atoms with E-state index in [-0.39, 0.29) is 23.9 Å². The van der Waals surface area contributed by atoms with Crippen LogP contribution in [0.3, 0.4) is 0 Å². The van der Waals surface area contributed by atoms with Gasteiger partial charge in [-0.15, -0.1) is 0 Å². The molecule has 2 amide bonds. The van der Waals surface area contributed by atoms with Gasteiger partial charge in [0.2, 0.25) is 11.8 Å². The monoisotopic (exact) mass is 325 g/mol. The second-order valence-electron chi connectivity index (χ2n) is 6.69. The van der Waals surface area contributed by atoms with E-state index in [0.717, 1.165) is 38.9 Å². The molecule has 0 unspecified atom stereocenters. The zero-order chi connectivity index (χ0) is 16.2. The molecule has 0 radical (unpaired) electrons. The summed E-state index contributed by atoms with van der Waals surface area (Å²) in [6, 6.07) is -0.0611. The minimum absolute atomic E-state index is 0.0728. The Labute approximate surface area is 136 Å². The molecule has 3 fully saturated rings. The van der Waals surface area contributed by atoms with E-state index in [0.29, 0.717) is 32.6 Å². The summed E-state index contributed by atoms with van der Waals surface area (Å²) in [7, 11) is 0. The number of rotatable bonds is 5. The second kappa shape index (κ2) is 7.59. The molecule has 0 aromatic carbocycles. The van der Waals surface area contributed by atoms with Crippen LogP contribution in [0.1, 0.15) is 32.1 Å². The van der Waals surface area contributed by atoms with Gasteiger partial charge in [0.25, 0.3) is 0 Å². The first-order valence-corrected chi connectivity index (χ1v) is 8.72. The average molecular weight is 325 g/mol. The Hall–Kier alpha value is -1.18. The number of likely N-dealkylation sites (tertiary alicyclic amines) is 1. The molecule has 2 heterocycles. The number of morpholine rings is 1. The van der Waals surface area contributed by atoms with Crippen LogP contribution in [0.25, 0.3) is 0 Å². The number of ether oxygens (including phenoxy) is 1. The van der Waals surface area contributed by atoms with Gasteiger partial charge in [-0.3, -0.25) is 14.5 Å². The van der Waals surface area contributed by atoms with E-state index in [4.69, 9.17) is 4.74 Å². The van der Waals surface area contributed by atoms with Crippen LogP contribution in [0, 0.1) is 0 Å². The van der Waals surface area contributed by atoms with Crippen molar-refractivity contribution in [1.82, 2.24) is 15.1 Å². The van der Waals surface area contributed by atoms with E-state index in [1.807, 2.05) is 0 Å². The lowest BCUT2D eigenvalue weighted by atomic mass is 10.1. The predicted octanol–water partition coefficient (Wildman–Crippen LogP) is -0.661. The molecule has 3 aliphatic rings. The van der Waals surface area contributed by atoms with Crippen molar-refractivity contribution in [3.8, 4) is 0 Å². The highest BCUT2D eigenvalue weighted by atomic mass is 16.5. The molecule has 2 N–H and O–H groups in total. The number of nitrogens with zero attached hydrogens (tertiary/aromatic N) is 2. The van der Waals surface area contributed by atoms with Crippen LogP contribution in [0.4, 0.5) is 0 Å². The molecular weight excluding hydrogens is 298 g/mol. The molecule has 1 saturated carbocycles. The minimum Gasteiger partial charge on any atom is -0.389 e. The summed E-state index contributed by atoms with van der Waals surface area (Å²) in [6.07, 6.45) is 2.99. The van der Waals surface area contributed by atoms with Crippen molar-refractivity contribution >= 4 is 11.8 Å². The molecule has 7 nitrogen and oxygen atoms in total. The smallest absolute Gasteiger partial charge is 0.222 e. The summed E-state index contributed by atoms with van der Waals surface area (Å²) >= 11 is 0. The summed E-state index contributed by atoms with van der Waals surface area (Å²) in [4.78, 5) is 27.7. The molecule has 2 saturated heterocycles. The van der Waals surface area contributed by atoms with Crippen molar-refractivity contribution in [2.24, 2.45) is 0 Å². The van der Waals surface area contributed by atoms with Gasteiger partial charge in [-0.1, -0.05) is 0 Å². The molecule has 3 rings (SSSR count). The standard InChI is InChI=1S/C16H27N3O4/c20-14(5-7-19-6-1-2-15(19)21)17-12-3-4-13(16(12)22)18-8-10-23-11-9-18/h12-13,16,22H,1-11H2,(H,17,20)/t12-,13-,16-/m1/s1. The lowest BCUT2D eigenvalue weighted by Crippen LogP contribution is -2.51. The van der Waals surface area contributed by atoms with Gasteiger partial charge in [-0.05, 0) is 19.3 Å². The number of hydrogen-bond acceptors (Lipinski definition) is 5. The Balaban J connectivity index is 1.42. The fourth-order valence-electron chi connectivity index (χ4n) is 3.88. The van der Waals surface area contributed by atoms with Crippen molar-refractivity contribution in [3.05, 3.63) is 0 Å². The first-order chi connectivity index (χ1) is 11.1. The highest BCUT2D eigenvalue weighted by Gasteiger charge is 2.39. The normalized spacial score (nSPS) is 32.5. The van der Waals surface area contributed by atoms with E-state index >= 15 is 0 Å². The second-order valence-corrected chi connectivity index (χ2v) is 6.69. The number of aliphatic hydroxyl groups excluding tert-OH is 1. The molecular formula is C16H27N3O4. The number of carbonyl (C=O) groups excluding carboxylic acids is 2. The predicted molar refractivity (Wildman–Crippen MR) is 83.8 cm³/mol. The van der Waals surface area contributed by atoms with Crippen LogP contribution in [-0.4, -0.2) is 84.3 Å². The summed E-state index contributed by atoms with van der Waals surface area (Å²) in [5, 5.41) is 13.5. The molecule has 2 aliphatic heterocycles. The summed E-state index contributed by atoms with van der Waals surface area (Å²) in [6.45, 7) is 4.37. The van der Waals surface area contributed by atoms with Crippen LogP contribution in [0.15, 0.2) is 0 Å². The maximum absolute atomic E-state index is 12.1. The molecule has 3 atom stereocenters. The van der Waals surface area contributed by atoms with Gasteiger partial charge in [0.1, 0.15) is 0 Å². The zero-order valence-corrected chi connectivity index (χ0v) is 13.6. The van der Waals surface area contributed by atoms with Crippen LogP contribution < -0.4 is 5.32 Å². The first kappa shape index (κ1) is 16.7. The lowest BCUT2D eigenvalue weighted by Gasteiger charge is -2.34. The van der Waals surface area contributed by atoms with Crippen LogP contribution in [-0.2, 0) is 14.3 Å². The van der Waals surface area contributed by atoms with Crippen molar-refractivity contribution in [2.45, 2.75) is 50.3 Å². The third-order valence-corrected chi connectivity index (χ3v) is 5.22. The zero-order valence-electron chi connectivity index (χ0n) is 13.6. The summed E-state index contributed by atoms with van der Waals surface area (Å²) in [5.41, 5.74) is 0. The number of carbonyl (C=O) groups is 2. The Morgan fingerprint density at radius 3 is 2.74 bits per heavy atom. The number of hydrogen-bond donors (Lipinski definition) is 2. The van der Waals surface area contributed by atoms with Gasteiger partial charge in [-0.25, -0.2) is 0 Å². The molecule has 0 bridgehead atoms. The quantitative estimate of drug-likeness (QED) is 0.701. The fraction of sp³-hybridized carbons (Fsp3) is 0.875. The van der Waals surface area contributed by atoms with E-state index in [1.54, 1.807) is 4.90 Å². The largest absolute Gasteiger partial charge is 0.389 e. The molecule has 130 valence electrons. The number of amides is 2. The lowest BCUT2D eigenvalue weighted by molar-refractivity contribution is -0.128. The maximum Gasteiger partial charge on any atom is 0.222 e. The van der Waals surface area contributed by atoms with E-state index in [2.05, 4.69) is 10.2 Å². The third-order valence-electron chi connectivity index (χ3n) is 5.22. The van der Waals surface area contributed by atoms with Crippen molar-refractivity contribution in [1.29, 1.82) is 0 Å². The van der Waals surface area contributed by atoms with E-state index < -0.39 is 6.10 Å². The van der Waals surface area contributed by atoms with Crippen molar-refractivity contribution in [2.75, 3.05) is 39.4 Å².